The molecule has 1 fully saturated rings. The summed E-state index contributed by atoms with van der Waals surface area (Å²) in [6, 6.07) is 0. The summed E-state index contributed by atoms with van der Waals surface area (Å²) < 4.78 is 14.4. The first-order valence-electron chi connectivity index (χ1n) is 5.87. The lowest BCUT2D eigenvalue weighted by molar-refractivity contribution is 0.0383. The number of nitrogens with zero attached hydrogens (tertiary/aromatic N) is 2. The van der Waals surface area contributed by atoms with Crippen molar-refractivity contribution in [2.45, 2.75) is 19.4 Å². The Hall–Kier alpha value is -1.34. The normalized spacial score (nSPS) is 19.9. The molecule has 0 spiro atoms. The Bertz CT molecular complexity index is 435. The summed E-state index contributed by atoms with van der Waals surface area (Å²) in [5, 5.41) is 0.779. The summed E-state index contributed by atoms with van der Waals surface area (Å²) in [6.07, 6.45) is 1.13. The number of nitrogen functional groups attached to an aromatic ring is 1. The van der Waals surface area contributed by atoms with E-state index >= 15 is 0 Å². The molecule has 1 atom stereocenters. The number of aromatic nitrogens is 1. The number of carbonyl (C=O) groups excluding carboxylic acids is 1. The third-order valence-corrected chi connectivity index (χ3v) is 3.89. The molecule has 1 unspecified atom stereocenters. The maximum atomic E-state index is 11.7. The van der Waals surface area contributed by atoms with Crippen LogP contribution in [0.5, 0.6) is 0 Å². The highest BCUT2D eigenvalue weighted by Crippen LogP contribution is 2.32. The zero-order valence-corrected chi connectivity index (χ0v) is 11.3. The molecule has 0 aromatic carbocycles. The lowest BCUT2D eigenvalue weighted by Crippen LogP contribution is -2.42. The van der Waals surface area contributed by atoms with Gasteiger partial charge in [-0.15, -0.1) is 0 Å². The van der Waals surface area contributed by atoms with Gasteiger partial charge in [0.1, 0.15) is 10.6 Å². The van der Waals surface area contributed by atoms with Gasteiger partial charge in [-0.25, -0.2) is 4.79 Å². The zero-order chi connectivity index (χ0) is 13.1. The van der Waals surface area contributed by atoms with E-state index in [1.807, 2.05) is 0 Å². The molecule has 1 aliphatic rings. The van der Waals surface area contributed by atoms with Crippen molar-refractivity contribution in [3.63, 3.8) is 0 Å². The topological polar surface area (TPSA) is 77.7 Å². The van der Waals surface area contributed by atoms with E-state index in [-0.39, 0.29) is 11.9 Å². The van der Waals surface area contributed by atoms with Gasteiger partial charge in [0.25, 0.3) is 0 Å². The average molecular weight is 271 g/mol. The SMILES string of the molecule is CCC1CN(c2snc(N)c2C(=O)OC)CCO1. The van der Waals surface area contributed by atoms with E-state index in [1.54, 1.807) is 0 Å². The maximum Gasteiger partial charge on any atom is 0.344 e. The second-order valence-electron chi connectivity index (χ2n) is 4.09. The van der Waals surface area contributed by atoms with E-state index < -0.39 is 5.97 Å². The lowest BCUT2D eigenvalue weighted by Gasteiger charge is -2.33. The number of hydrogen-bond donors (Lipinski definition) is 1. The van der Waals surface area contributed by atoms with Gasteiger partial charge in [-0.1, -0.05) is 6.92 Å². The largest absolute Gasteiger partial charge is 0.465 e. The Morgan fingerprint density at radius 2 is 2.50 bits per heavy atom. The molecule has 1 aromatic rings. The van der Waals surface area contributed by atoms with Crippen LogP contribution in [0.2, 0.25) is 0 Å². The zero-order valence-electron chi connectivity index (χ0n) is 10.5. The number of ether oxygens (including phenoxy) is 2. The molecule has 7 heteroatoms. The molecule has 1 saturated heterocycles. The third-order valence-electron chi connectivity index (χ3n) is 2.97. The quantitative estimate of drug-likeness (QED) is 0.830. The van der Waals surface area contributed by atoms with Gasteiger partial charge in [0.2, 0.25) is 0 Å². The average Bonchev–Trinajstić information content (AvgIpc) is 2.80. The molecule has 18 heavy (non-hydrogen) atoms. The van der Waals surface area contributed by atoms with E-state index in [0.29, 0.717) is 12.2 Å². The molecule has 0 saturated carbocycles. The van der Waals surface area contributed by atoms with Crippen molar-refractivity contribution in [3.05, 3.63) is 5.56 Å². The Kier molecular flexibility index (Phi) is 4.03. The number of morpholine rings is 1. The molecular weight excluding hydrogens is 254 g/mol. The molecule has 1 aromatic heterocycles. The molecule has 0 amide bonds. The minimum Gasteiger partial charge on any atom is -0.465 e. The molecular formula is C11H17N3O3S. The van der Waals surface area contributed by atoms with Crippen LogP contribution in [0.1, 0.15) is 23.7 Å². The summed E-state index contributed by atoms with van der Waals surface area (Å²) >= 11 is 1.23. The highest BCUT2D eigenvalue weighted by Gasteiger charge is 2.27. The van der Waals surface area contributed by atoms with E-state index in [1.165, 1.54) is 18.6 Å². The fourth-order valence-corrected chi connectivity index (χ4v) is 2.79. The molecule has 0 aliphatic carbocycles. The Morgan fingerprint density at radius 3 is 3.17 bits per heavy atom. The summed E-state index contributed by atoms with van der Waals surface area (Å²) in [7, 11) is 1.34. The number of anilines is 2. The number of methoxy groups -OCH3 is 1. The molecule has 100 valence electrons. The minimum absolute atomic E-state index is 0.188. The fourth-order valence-electron chi connectivity index (χ4n) is 1.95. The third kappa shape index (κ3) is 2.41. The number of hydrogen-bond acceptors (Lipinski definition) is 7. The number of rotatable bonds is 3. The van der Waals surface area contributed by atoms with Crippen molar-refractivity contribution < 1.29 is 14.3 Å². The first kappa shape index (κ1) is 13.1. The van der Waals surface area contributed by atoms with Crippen LogP contribution in [0.25, 0.3) is 0 Å². The van der Waals surface area contributed by atoms with Crippen LogP contribution in [0.4, 0.5) is 10.8 Å². The van der Waals surface area contributed by atoms with Crippen molar-refractivity contribution >= 4 is 28.3 Å². The summed E-state index contributed by atoms with van der Waals surface area (Å²) in [5.41, 5.74) is 6.11. The van der Waals surface area contributed by atoms with Crippen molar-refractivity contribution in [2.75, 3.05) is 37.4 Å². The summed E-state index contributed by atoms with van der Waals surface area (Å²) in [5.74, 6) is -0.197. The molecule has 1 aliphatic heterocycles. The van der Waals surface area contributed by atoms with E-state index in [9.17, 15) is 4.79 Å². The van der Waals surface area contributed by atoms with Crippen LogP contribution in [0.15, 0.2) is 0 Å². The minimum atomic E-state index is -0.434. The van der Waals surface area contributed by atoms with Crippen LogP contribution in [0, 0.1) is 0 Å². The first-order valence-corrected chi connectivity index (χ1v) is 6.64. The van der Waals surface area contributed by atoms with Crippen LogP contribution in [0.3, 0.4) is 0 Å². The molecule has 0 radical (unpaired) electrons. The van der Waals surface area contributed by atoms with E-state index in [4.69, 9.17) is 15.2 Å². The fraction of sp³-hybridized carbons (Fsp3) is 0.636. The van der Waals surface area contributed by atoms with Crippen molar-refractivity contribution in [3.8, 4) is 0 Å². The van der Waals surface area contributed by atoms with Crippen LogP contribution in [-0.2, 0) is 9.47 Å². The monoisotopic (exact) mass is 271 g/mol. The highest BCUT2D eigenvalue weighted by molar-refractivity contribution is 7.11. The van der Waals surface area contributed by atoms with Gasteiger partial charge >= 0.3 is 5.97 Å². The number of esters is 1. The maximum absolute atomic E-state index is 11.7. The van der Waals surface area contributed by atoms with Crippen molar-refractivity contribution in [1.29, 1.82) is 0 Å². The Labute approximate surface area is 110 Å². The van der Waals surface area contributed by atoms with Gasteiger partial charge < -0.3 is 20.1 Å². The number of carbonyl (C=O) groups is 1. The molecule has 2 rings (SSSR count). The van der Waals surface area contributed by atoms with Gasteiger partial charge in [0.05, 0.1) is 19.8 Å². The predicted molar refractivity (Wildman–Crippen MR) is 70.1 cm³/mol. The second kappa shape index (κ2) is 5.53. The lowest BCUT2D eigenvalue weighted by atomic mass is 10.2. The predicted octanol–water partition coefficient (Wildman–Crippen LogP) is 1.13. The molecule has 2 heterocycles. The second-order valence-corrected chi connectivity index (χ2v) is 4.84. The number of nitrogens with two attached hydrogens (primary N) is 1. The van der Waals surface area contributed by atoms with Crippen LogP contribution >= 0.6 is 11.5 Å². The molecule has 6 nitrogen and oxygen atoms in total. The highest BCUT2D eigenvalue weighted by atomic mass is 32.1. The van der Waals surface area contributed by atoms with Gasteiger partial charge in [-0.2, -0.15) is 4.37 Å². The van der Waals surface area contributed by atoms with Gasteiger partial charge in [0.15, 0.2) is 5.82 Å². The first-order chi connectivity index (χ1) is 8.67. The van der Waals surface area contributed by atoms with Gasteiger partial charge in [0, 0.05) is 13.1 Å². The summed E-state index contributed by atoms with van der Waals surface area (Å²) in [6.45, 7) is 4.22. The Morgan fingerprint density at radius 1 is 1.72 bits per heavy atom. The molecule has 0 bridgehead atoms. The van der Waals surface area contributed by atoms with E-state index in [2.05, 4.69) is 16.2 Å². The van der Waals surface area contributed by atoms with Crippen LogP contribution in [-0.4, -0.2) is 43.3 Å². The van der Waals surface area contributed by atoms with Gasteiger partial charge in [-0.05, 0) is 18.0 Å². The van der Waals surface area contributed by atoms with Gasteiger partial charge in [-0.3, -0.25) is 0 Å². The Balaban J connectivity index is 2.25. The smallest absolute Gasteiger partial charge is 0.344 e. The summed E-state index contributed by atoms with van der Waals surface area (Å²) in [4.78, 5) is 13.8. The van der Waals surface area contributed by atoms with Crippen LogP contribution < -0.4 is 10.6 Å². The van der Waals surface area contributed by atoms with Crippen molar-refractivity contribution in [1.82, 2.24) is 4.37 Å². The molecule has 2 N–H and O–H groups in total. The van der Waals surface area contributed by atoms with Crippen molar-refractivity contribution in [2.24, 2.45) is 0 Å². The van der Waals surface area contributed by atoms with E-state index in [0.717, 1.165) is 24.5 Å². The standard InChI is InChI=1S/C11H17N3O3S/c1-3-7-6-14(4-5-17-7)10-8(11(15)16-2)9(12)13-18-10/h7H,3-6H2,1-2H3,(H2,12,13).